The predicted molar refractivity (Wildman–Crippen MR) is 115 cm³/mol. The summed E-state index contributed by atoms with van der Waals surface area (Å²) >= 11 is 5.79. The molecular weight excluding hydrogens is 424 g/mol. The summed E-state index contributed by atoms with van der Waals surface area (Å²) in [7, 11) is 0. The molecule has 0 radical (unpaired) electrons. The van der Waals surface area contributed by atoms with Gasteiger partial charge in [0.1, 0.15) is 5.02 Å². The second kappa shape index (κ2) is 10.5. The van der Waals surface area contributed by atoms with Crippen LogP contribution < -0.4 is 0 Å². The van der Waals surface area contributed by atoms with Crippen molar-refractivity contribution < 1.29 is 24.0 Å². The number of benzene rings is 2. The fourth-order valence-corrected chi connectivity index (χ4v) is 2.99. The van der Waals surface area contributed by atoms with Crippen LogP contribution in [-0.4, -0.2) is 47.2 Å². The van der Waals surface area contributed by atoms with Crippen LogP contribution in [-0.2, 0) is 9.53 Å². The number of nitro groups is 1. The van der Waals surface area contributed by atoms with E-state index < -0.39 is 34.9 Å². The van der Waals surface area contributed by atoms with Crippen molar-refractivity contribution in [1.29, 1.82) is 0 Å². The highest BCUT2D eigenvalue weighted by molar-refractivity contribution is 6.33. The van der Waals surface area contributed by atoms with E-state index in [1.54, 1.807) is 26.0 Å². The number of rotatable bonds is 9. The summed E-state index contributed by atoms with van der Waals surface area (Å²) in [5, 5.41) is 11.0. The summed E-state index contributed by atoms with van der Waals surface area (Å²) < 4.78 is 5.12. The van der Waals surface area contributed by atoms with Crippen molar-refractivity contribution in [1.82, 2.24) is 4.90 Å². The van der Waals surface area contributed by atoms with Crippen molar-refractivity contribution >= 4 is 34.9 Å². The van der Waals surface area contributed by atoms with Crippen LogP contribution in [0, 0.1) is 10.1 Å². The van der Waals surface area contributed by atoms with Crippen LogP contribution in [0.5, 0.6) is 0 Å². The second-order valence-electron chi connectivity index (χ2n) is 6.74. The van der Waals surface area contributed by atoms with Gasteiger partial charge in [0, 0.05) is 30.3 Å². The number of hydrogen-bond acceptors (Lipinski definition) is 6. The molecule has 162 valence electrons. The summed E-state index contributed by atoms with van der Waals surface area (Å²) in [5.41, 5.74) is 0.294. The average molecular weight is 445 g/mol. The van der Waals surface area contributed by atoms with Crippen LogP contribution in [0.3, 0.4) is 0 Å². The fourth-order valence-electron chi connectivity index (χ4n) is 2.81. The molecule has 0 aliphatic carbocycles. The van der Waals surface area contributed by atoms with Crippen molar-refractivity contribution in [3.63, 3.8) is 0 Å². The van der Waals surface area contributed by atoms with Crippen LogP contribution >= 0.6 is 11.6 Å². The van der Waals surface area contributed by atoms with Gasteiger partial charge in [0.25, 0.3) is 11.6 Å². The number of halogens is 1. The second-order valence-corrected chi connectivity index (χ2v) is 7.15. The molecule has 0 aliphatic rings. The van der Waals surface area contributed by atoms with Gasteiger partial charge in [-0.05, 0) is 32.0 Å². The van der Waals surface area contributed by atoms with Gasteiger partial charge >= 0.3 is 5.97 Å². The third-order valence-corrected chi connectivity index (χ3v) is 4.64. The summed E-state index contributed by atoms with van der Waals surface area (Å²) in [6, 6.07) is 9.50. The van der Waals surface area contributed by atoms with E-state index >= 15 is 0 Å². The number of ketones is 1. The van der Waals surface area contributed by atoms with Gasteiger partial charge in [-0.2, -0.15) is 0 Å². The highest BCUT2D eigenvalue weighted by Crippen LogP contribution is 2.27. The molecule has 0 aromatic heterocycles. The largest absolute Gasteiger partial charge is 0.452 e. The molecular formula is C22H21ClN2O6. The van der Waals surface area contributed by atoms with E-state index in [0.29, 0.717) is 13.1 Å². The number of ether oxygens (including phenoxy) is 1. The number of esters is 1. The Labute approximate surface area is 184 Å². The first-order valence-corrected chi connectivity index (χ1v) is 9.70. The zero-order valence-corrected chi connectivity index (χ0v) is 17.8. The van der Waals surface area contributed by atoms with Crippen LogP contribution in [0.4, 0.5) is 5.69 Å². The molecule has 2 aromatic rings. The molecule has 0 unspecified atom stereocenters. The SMILES string of the molecule is C=C(C)CN(CC)C(=O)COC(=O)c1ccccc1C(=O)c1ccc(Cl)c([N+](=O)[O-])c1. The molecule has 0 fully saturated rings. The first-order chi connectivity index (χ1) is 14.6. The van der Waals surface area contributed by atoms with E-state index in [1.807, 2.05) is 0 Å². The lowest BCUT2D eigenvalue weighted by molar-refractivity contribution is -0.384. The van der Waals surface area contributed by atoms with Crippen LogP contribution in [0.15, 0.2) is 54.6 Å². The molecule has 9 heteroatoms. The molecule has 31 heavy (non-hydrogen) atoms. The van der Waals surface area contributed by atoms with Gasteiger partial charge in [-0.3, -0.25) is 19.7 Å². The van der Waals surface area contributed by atoms with E-state index in [9.17, 15) is 24.5 Å². The summed E-state index contributed by atoms with van der Waals surface area (Å²) in [6.45, 7) is 7.61. The Kier molecular flexibility index (Phi) is 8.04. The molecule has 0 atom stereocenters. The minimum absolute atomic E-state index is 0.00829. The van der Waals surface area contributed by atoms with Gasteiger partial charge in [-0.1, -0.05) is 42.0 Å². The van der Waals surface area contributed by atoms with Crippen LogP contribution in [0.1, 0.15) is 40.1 Å². The first kappa shape index (κ1) is 23.8. The lowest BCUT2D eigenvalue weighted by atomic mass is 9.98. The zero-order chi connectivity index (χ0) is 23.1. The van der Waals surface area contributed by atoms with Gasteiger partial charge < -0.3 is 9.64 Å². The number of amides is 1. The van der Waals surface area contributed by atoms with Crippen LogP contribution in [0.2, 0.25) is 5.02 Å². The minimum Gasteiger partial charge on any atom is -0.452 e. The molecule has 0 saturated heterocycles. The standard InChI is InChI=1S/C22H21ClN2O6/c1-4-24(12-14(2)3)20(26)13-31-22(28)17-8-6-5-7-16(17)21(27)15-9-10-18(23)19(11-15)25(29)30/h5-11H,2,4,12-13H2,1,3H3. The Balaban J connectivity index is 2.23. The van der Waals surface area contributed by atoms with Gasteiger partial charge in [-0.25, -0.2) is 4.79 Å². The zero-order valence-electron chi connectivity index (χ0n) is 17.1. The first-order valence-electron chi connectivity index (χ1n) is 9.32. The fraction of sp³-hybridized carbons (Fsp3) is 0.227. The lowest BCUT2D eigenvalue weighted by Crippen LogP contribution is -2.35. The maximum Gasteiger partial charge on any atom is 0.339 e. The quantitative estimate of drug-likeness (QED) is 0.190. The maximum absolute atomic E-state index is 12.9. The number of nitro benzene ring substituents is 1. The van der Waals surface area contributed by atoms with Gasteiger partial charge in [0.15, 0.2) is 12.4 Å². The lowest BCUT2D eigenvalue weighted by Gasteiger charge is -2.20. The number of carbonyl (C=O) groups is 3. The Morgan fingerprint density at radius 3 is 2.39 bits per heavy atom. The van der Waals surface area contributed by atoms with Crippen molar-refractivity contribution in [3.05, 3.63) is 86.4 Å². The van der Waals surface area contributed by atoms with E-state index in [4.69, 9.17) is 16.3 Å². The molecule has 8 nitrogen and oxygen atoms in total. The molecule has 0 saturated carbocycles. The van der Waals surface area contributed by atoms with E-state index in [2.05, 4.69) is 6.58 Å². The number of carbonyl (C=O) groups excluding carboxylic acids is 3. The monoisotopic (exact) mass is 444 g/mol. The van der Waals surface area contributed by atoms with E-state index in [1.165, 1.54) is 29.2 Å². The molecule has 0 aliphatic heterocycles. The number of likely N-dealkylation sites (N-methyl/N-ethyl adjacent to an activating group) is 1. The molecule has 0 N–H and O–H groups in total. The molecule has 0 heterocycles. The predicted octanol–water partition coefficient (Wildman–Crippen LogP) is 4.06. The number of nitrogens with zero attached hydrogens (tertiary/aromatic N) is 2. The normalized spacial score (nSPS) is 10.3. The molecule has 2 aromatic carbocycles. The highest BCUT2D eigenvalue weighted by atomic mass is 35.5. The summed E-state index contributed by atoms with van der Waals surface area (Å²) in [5.74, 6) is -1.86. The van der Waals surface area contributed by atoms with Crippen molar-refractivity contribution in [2.24, 2.45) is 0 Å². The Hall–Kier alpha value is -3.52. The number of hydrogen-bond donors (Lipinski definition) is 0. The van der Waals surface area contributed by atoms with Gasteiger partial charge in [-0.15, -0.1) is 0 Å². The highest BCUT2D eigenvalue weighted by Gasteiger charge is 2.23. The van der Waals surface area contributed by atoms with Crippen LogP contribution in [0.25, 0.3) is 0 Å². The van der Waals surface area contributed by atoms with Gasteiger partial charge in [0.2, 0.25) is 0 Å². The topological polar surface area (TPSA) is 107 Å². The van der Waals surface area contributed by atoms with E-state index in [-0.39, 0.29) is 21.7 Å². The molecule has 0 bridgehead atoms. The van der Waals surface area contributed by atoms with Crippen molar-refractivity contribution in [2.75, 3.05) is 19.7 Å². The maximum atomic E-state index is 12.9. The Bertz CT molecular complexity index is 1050. The van der Waals surface area contributed by atoms with Crippen molar-refractivity contribution in [3.8, 4) is 0 Å². The smallest absolute Gasteiger partial charge is 0.339 e. The van der Waals surface area contributed by atoms with E-state index in [0.717, 1.165) is 11.6 Å². The Morgan fingerprint density at radius 2 is 1.81 bits per heavy atom. The molecule has 2 rings (SSSR count). The molecule has 0 spiro atoms. The summed E-state index contributed by atoms with van der Waals surface area (Å²) in [6.07, 6.45) is 0. The average Bonchev–Trinajstić information content (AvgIpc) is 2.75. The molecule has 1 amide bonds. The van der Waals surface area contributed by atoms with Gasteiger partial charge in [0.05, 0.1) is 10.5 Å². The third kappa shape index (κ3) is 5.99. The third-order valence-electron chi connectivity index (χ3n) is 4.32. The minimum atomic E-state index is -0.854. The van der Waals surface area contributed by atoms with Crippen molar-refractivity contribution in [2.45, 2.75) is 13.8 Å². The summed E-state index contributed by atoms with van der Waals surface area (Å²) in [4.78, 5) is 49.7. The Morgan fingerprint density at radius 1 is 1.16 bits per heavy atom.